The van der Waals surface area contributed by atoms with E-state index in [1.165, 1.54) is 0 Å². The fraction of sp³-hybridized carbons (Fsp3) is 0.588. The number of benzene rings is 1. The third-order valence-electron chi connectivity index (χ3n) is 4.37. The molecule has 0 saturated heterocycles. The number of carbonyl (C=O) groups is 1. The van der Waals surface area contributed by atoms with Gasteiger partial charge in [-0.2, -0.15) is 0 Å². The van der Waals surface area contributed by atoms with E-state index in [0.717, 1.165) is 31.2 Å². The van der Waals surface area contributed by atoms with Crippen molar-refractivity contribution >= 4 is 5.91 Å². The fourth-order valence-electron chi connectivity index (χ4n) is 2.79. The van der Waals surface area contributed by atoms with Gasteiger partial charge in [-0.05, 0) is 37.8 Å². The van der Waals surface area contributed by atoms with Crippen molar-refractivity contribution < 1.29 is 9.53 Å². The molecule has 1 fully saturated rings. The van der Waals surface area contributed by atoms with Gasteiger partial charge in [-0.25, -0.2) is 0 Å². The molecule has 4 heteroatoms. The number of hydrogen-bond donors (Lipinski definition) is 1. The van der Waals surface area contributed by atoms with Crippen molar-refractivity contribution in [1.29, 1.82) is 0 Å². The van der Waals surface area contributed by atoms with E-state index in [0.29, 0.717) is 26.1 Å². The van der Waals surface area contributed by atoms with E-state index in [9.17, 15) is 4.79 Å². The lowest BCUT2D eigenvalue weighted by Crippen LogP contribution is -2.45. The summed E-state index contributed by atoms with van der Waals surface area (Å²) in [6.07, 6.45) is 4.46. The molecule has 1 aromatic carbocycles. The molecule has 0 aliphatic heterocycles. The van der Waals surface area contributed by atoms with Gasteiger partial charge >= 0.3 is 0 Å². The molecule has 0 spiro atoms. The second kappa shape index (κ2) is 7.57. The highest BCUT2D eigenvalue weighted by Crippen LogP contribution is 2.38. The van der Waals surface area contributed by atoms with Gasteiger partial charge in [0.1, 0.15) is 0 Å². The summed E-state index contributed by atoms with van der Waals surface area (Å²) in [5.74, 6) is 0.175. The SMILES string of the molecule is COC1(CC(=O)N(CCCN)Cc2ccccc2)CCC1. The highest BCUT2D eigenvalue weighted by Gasteiger charge is 2.39. The lowest BCUT2D eigenvalue weighted by molar-refractivity contribution is -0.144. The molecule has 1 amide bonds. The molecular formula is C17H26N2O2. The molecule has 1 saturated carbocycles. The summed E-state index contributed by atoms with van der Waals surface area (Å²) in [5, 5.41) is 0. The Morgan fingerprint density at radius 2 is 2.05 bits per heavy atom. The first kappa shape index (κ1) is 16.0. The monoisotopic (exact) mass is 290 g/mol. The van der Waals surface area contributed by atoms with Crippen LogP contribution in [0.1, 0.15) is 37.7 Å². The number of carbonyl (C=O) groups excluding carboxylic acids is 1. The Balaban J connectivity index is 1.99. The molecule has 0 unspecified atom stereocenters. The normalized spacial score (nSPS) is 16.3. The van der Waals surface area contributed by atoms with E-state index >= 15 is 0 Å². The molecule has 1 aromatic rings. The summed E-state index contributed by atoms with van der Waals surface area (Å²) in [6.45, 7) is 1.97. The van der Waals surface area contributed by atoms with Gasteiger partial charge in [0.2, 0.25) is 5.91 Å². The zero-order chi connectivity index (χ0) is 15.1. The molecule has 0 heterocycles. The minimum Gasteiger partial charge on any atom is -0.378 e. The molecule has 1 aliphatic rings. The van der Waals surface area contributed by atoms with Gasteiger partial charge in [0.05, 0.1) is 12.0 Å². The van der Waals surface area contributed by atoms with Gasteiger partial charge in [0.15, 0.2) is 0 Å². The van der Waals surface area contributed by atoms with Crippen LogP contribution < -0.4 is 5.73 Å². The Bertz CT molecular complexity index is 438. The molecule has 0 bridgehead atoms. The van der Waals surface area contributed by atoms with Crippen LogP contribution >= 0.6 is 0 Å². The molecule has 0 radical (unpaired) electrons. The summed E-state index contributed by atoms with van der Waals surface area (Å²) in [6, 6.07) is 10.1. The molecule has 4 nitrogen and oxygen atoms in total. The Kier molecular flexibility index (Phi) is 5.76. The smallest absolute Gasteiger partial charge is 0.225 e. The zero-order valence-corrected chi connectivity index (χ0v) is 12.9. The topological polar surface area (TPSA) is 55.6 Å². The zero-order valence-electron chi connectivity index (χ0n) is 12.9. The van der Waals surface area contributed by atoms with Crippen molar-refractivity contribution in [3.63, 3.8) is 0 Å². The van der Waals surface area contributed by atoms with Gasteiger partial charge in [0.25, 0.3) is 0 Å². The second-order valence-electron chi connectivity index (χ2n) is 5.86. The van der Waals surface area contributed by atoms with Crippen LogP contribution in [0.2, 0.25) is 0 Å². The molecule has 21 heavy (non-hydrogen) atoms. The Morgan fingerprint density at radius 3 is 2.57 bits per heavy atom. The molecule has 0 atom stereocenters. The lowest BCUT2D eigenvalue weighted by atomic mass is 9.77. The molecule has 116 valence electrons. The van der Waals surface area contributed by atoms with Gasteiger partial charge in [-0.3, -0.25) is 4.79 Å². The predicted octanol–water partition coefficient (Wildman–Crippen LogP) is 2.32. The summed E-state index contributed by atoms with van der Waals surface area (Å²) in [5.41, 5.74) is 6.54. The van der Waals surface area contributed by atoms with Crippen LogP contribution in [0.25, 0.3) is 0 Å². The Labute approximate surface area is 127 Å². The third kappa shape index (κ3) is 4.29. The van der Waals surface area contributed by atoms with Crippen LogP contribution in [0.3, 0.4) is 0 Å². The minimum absolute atomic E-state index is 0.175. The molecule has 2 N–H and O–H groups in total. The lowest BCUT2D eigenvalue weighted by Gasteiger charge is -2.41. The summed E-state index contributed by atoms with van der Waals surface area (Å²) < 4.78 is 5.58. The van der Waals surface area contributed by atoms with Crippen LogP contribution in [-0.4, -0.2) is 36.6 Å². The maximum absolute atomic E-state index is 12.6. The van der Waals surface area contributed by atoms with Crippen molar-refractivity contribution in [3.05, 3.63) is 35.9 Å². The number of amides is 1. The van der Waals surface area contributed by atoms with Crippen molar-refractivity contribution in [2.75, 3.05) is 20.2 Å². The van der Waals surface area contributed by atoms with Gasteiger partial charge in [0, 0.05) is 20.2 Å². The largest absolute Gasteiger partial charge is 0.378 e. The third-order valence-corrected chi connectivity index (χ3v) is 4.37. The molecular weight excluding hydrogens is 264 g/mol. The number of nitrogens with two attached hydrogens (primary N) is 1. The molecule has 1 aliphatic carbocycles. The molecule has 0 aromatic heterocycles. The van der Waals surface area contributed by atoms with Crippen LogP contribution in [0.5, 0.6) is 0 Å². The van der Waals surface area contributed by atoms with E-state index in [1.807, 2.05) is 23.1 Å². The van der Waals surface area contributed by atoms with E-state index in [4.69, 9.17) is 10.5 Å². The fourth-order valence-corrected chi connectivity index (χ4v) is 2.79. The number of hydrogen-bond acceptors (Lipinski definition) is 3. The van der Waals surface area contributed by atoms with Crippen LogP contribution in [0.4, 0.5) is 0 Å². The van der Waals surface area contributed by atoms with E-state index in [-0.39, 0.29) is 11.5 Å². The van der Waals surface area contributed by atoms with Crippen molar-refractivity contribution in [2.45, 2.75) is 44.2 Å². The number of ether oxygens (including phenoxy) is 1. The van der Waals surface area contributed by atoms with Crippen molar-refractivity contribution in [1.82, 2.24) is 4.90 Å². The number of rotatable bonds is 8. The highest BCUT2D eigenvalue weighted by molar-refractivity contribution is 5.77. The first-order valence-corrected chi connectivity index (χ1v) is 7.76. The predicted molar refractivity (Wildman–Crippen MR) is 83.7 cm³/mol. The van der Waals surface area contributed by atoms with Crippen molar-refractivity contribution in [2.24, 2.45) is 5.73 Å². The number of nitrogens with zero attached hydrogens (tertiary/aromatic N) is 1. The van der Waals surface area contributed by atoms with E-state index < -0.39 is 0 Å². The maximum Gasteiger partial charge on any atom is 0.225 e. The minimum atomic E-state index is -0.214. The average Bonchev–Trinajstić information content (AvgIpc) is 2.48. The standard InChI is InChI=1S/C17H26N2O2/c1-21-17(9-5-10-17)13-16(20)19(12-6-11-18)14-15-7-3-2-4-8-15/h2-4,7-8H,5-6,9-14,18H2,1H3. The average molecular weight is 290 g/mol. The van der Waals surface area contributed by atoms with Gasteiger partial charge in [-0.1, -0.05) is 30.3 Å². The quantitative estimate of drug-likeness (QED) is 0.799. The number of methoxy groups -OCH3 is 1. The summed E-state index contributed by atoms with van der Waals surface area (Å²) >= 11 is 0. The van der Waals surface area contributed by atoms with Gasteiger partial charge < -0.3 is 15.4 Å². The first-order valence-electron chi connectivity index (χ1n) is 7.76. The molecule has 2 rings (SSSR count). The summed E-state index contributed by atoms with van der Waals surface area (Å²) in [4.78, 5) is 14.5. The van der Waals surface area contributed by atoms with Crippen LogP contribution in [0.15, 0.2) is 30.3 Å². The van der Waals surface area contributed by atoms with Crippen LogP contribution in [-0.2, 0) is 16.1 Å². The second-order valence-corrected chi connectivity index (χ2v) is 5.86. The van der Waals surface area contributed by atoms with Crippen molar-refractivity contribution in [3.8, 4) is 0 Å². The first-order chi connectivity index (χ1) is 10.2. The van der Waals surface area contributed by atoms with Gasteiger partial charge in [-0.15, -0.1) is 0 Å². The van der Waals surface area contributed by atoms with E-state index in [2.05, 4.69) is 12.1 Å². The highest BCUT2D eigenvalue weighted by atomic mass is 16.5. The Morgan fingerprint density at radius 1 is 1.33 bits per heavy atom. The van der Waals surface area contributed by atoms with E-state index in [1.54, 1.807) is 7.11 Å². The maximum atomic E-state index is 12.6. The van der Waals surface area contributed by atoms with Crippen LogP contribution in [0, 0.1) is 0 Å². The summed E-state index contributed by atoms with van der Waals surface area (Å²) in [7, 11) is 1.72. The Hall–Kier alpha value is -1.39.